The molecule has 5 heteroatoms. The van der Waals surface area contributed by atoms with Crippen LogP contribution in [0.15, 0.2) is 41.4 Å². The summed E-state index contributed by atoms with van der Waals surface area (Å²) in [6, 6.07) is 11.9. The zero-order chi connectivity index (χ0) is 21.8. The predicted molar refractivity (Wildman–Crippen MR) is 122 cm³/mol. The molecule has 5 nitrogen and oxygen atoms in total. The summed E-state index contributed by atoms with van der Waals surface area (Å²) in [5.74, 6) is -0.0992. The van der Waals surface area contributed by atoms with Crippen LogP contribution in [0.4, 0.5) is 0 Å². The van der Waals surface area contributed by atoms with Gasteiger partial charge in [-0.05, 0) is 81.1 Å². The summed E-state index contributed by atoms with van der Waals surface area (Å²) >= 11 is 0. The number of nitrogens with zero attached hydrogens (tertiary/aromatic N) is 1. The van der Waals surface area contributed by atoms with Crippen molar-refractivity contribution in [1.82, 2.24) is 5.32 Å². The van der Waals surface area contributed by atoms with Crippen molar-refractivity contribution in [1.29, 1.82) is 0 Å². The summed E-state index contributed by atoms with van der Waals surface area (Å²) < 4.78 is 5.30. The zero-order valence-corrected chi connectivity index (χ0v) is 18.4. The molecule has 0 spiro atoms. The molecule has 2 N–H and O–H groups in total. The highest BCUT2D eigenvalue weighted by Crippen LogP contribution is 2.33. The summed E-state index contributed by atoms with van der Waals surface area (Å²) in [6.07, 6.45) is 3.14. The second-order valence-corrected chi connectivity index (χ2v) is 7.82. The number of carbonyl (C=O) groups is 1. The summed E-state index contributed by atoms with van der Waals surface area (Å²) in [6.45, 7) is 8.00. The minimum absolute atomic E-state index is 0.137. The fourth-order valence-electron chi connectivity index (χ4n) is 3.92. The SMILES string of the molecule is CCCCC1=NC(c2cc(C)c(C(=O)O)c(C)c2)=C(c2ccc(OC)cc2)NC1C. The highest BCUT2D eigenvalue weighted by Gasteiger charge is 2.24. The molecular formula is C25H30N2O3. The van der Waals surface area contributed by atoms with Crippen molar-refractivity contribution in [2.45, 2.75) is 53.0 Å². The quantitative estimate of drug-likeness (QED) is 0.641. The molecule has 1 unspecified atom stereocenters. The second-order valence-electron chi connectivity index (χ2n) is 7.82. The summed E-state index contributed by atoms with van der Waals surface area (Å²) in [4.78, 5) is 16.7. The molecule has 1 aliphatic rings. The number of rotatable bonds is 7. The number of carboxylic acids is 1. The van der Waals surface area contributed by atoms with Crippen molar-refractivity contribution >= 4 is 23.1 Å². The number of aliphatic imine (C=N–C) groups is 1. The molecule has 0 aromatic heterocycles. The Morgan fingerprint density at radius 2 is 1.77 bits per heavy atom. The molecule has 0 bridgehead atoms. The van der Waals surface area contributed by atoms with Crippen LogP contribution in [-0.4, -0.2) is 29.9 Å². The van der Waals surface area contributed by atoms with E-state index >= 15 is 0 Å². The van der Waals surface area contributed by atoms with E-state index in [1.165, 1.54) is 0 Å². The van der Waals surface area contributed by atoms with Gasteiger partial charge in [0, 0.05) is 16.8 Å². The number of methoxy groups -OCH3 is 1. The Balaban J connectivity index is 2.18. The molecule has 0 aliphatic carbocycles. The lowest BCUT2D eigenvalue weighted by Crippen LogP contribution is -2.36. The van der Waals surface area contributed by atoms with Crippen LogP contribution >= 0.6 is 0 Å². The van der Waals surface area contributed by atoms with Crippen molar-refractivity contribution in [2.24, 2.45) is 4.99 Å². The van der Waals surface area contributed by atoms with Crippen LogP contribution in [0, 0.1) is 13.8 Å². The van der Waals surface area contributed by atoms with Crippen molar-refractivity contribution in [2.75, 3.05) is 7.11 Å². The van der Waals surface area contributed by atoms with E-state index in [-0.39, 0.29) is 6.04 Å². The number of ether oxygens (including phenoxy) is 1. The highest BCUT2D eigenvalue weighted by molar-refractivity contribution is 6.04. The number of nitrogens with one attached hydrogen (secondary N) is 1. The molecule has 0 fully saturated rings. The highest BCUT2D eigenvalue weighted by atomic mass is 16.5. The topological polar surface area (TPSA) is 70.9 Å². The third kappa shape index (κ3) is 4.40. The van der Waals surface area contributed by atoms with Crippen molar-refractivity contribution in [3.05, 3.63) is 64.2 Å². The summed E-state index contributed by atoms with van der Waals surface area (Å²) in [5.41, 5.74) is 6.72. The maximum Gasteiger partial charge on any atom is 0.336 e. The Kier molecular flexibility index (Phi) is 6.60. The maximum atomic E-state index is 11.6. The number of carboxylic acid groups (broad SMARTS) is 1. The lowest BCUT2D eigenvalue weighted by Gasteiger charge is -2.28. The van der Waals surface area contributed by atoms with Gasteiger partial charge in [0.2, 0.25) is 0 Å². The van der Waals surface area contributed by atoms with E-state index in [4.69, 9.17) is 9.73 Å². The van der Waals surface area contributed by atoms with E-state index < -0.39 is 5.97 Å². The van der Waals surface area contributed by atoms with Crippen LogP contribution in [0.2, 0.25) is 0 Å². The Morgan fingerprint density at radius 3 is 2.30 bits per heavy atom. The van der Waals surface area contributed by atoms with E-state index in [1.54, 1.807) is 7.11 Å². The number of hydrogen-bond acceptors (Lipinski definition) is 4. The van der Waals surface area contributed by atoms with Gasteiger partial charge in [-0.2, -0.15) is 0 Å². The molecule has 3 rings (SSSR count). The Hall–Kier alpha value is -3.08. The van der Waals surface area contributed by atoms with Gasteiger partial charge in [0.05, 0.1) is 30.1 Å². The molecule has 1 heterocycles. The molecule has 0 saturated heterocycles. The van der Waals surface area contributed by atoms with Crippen LogP contribution in [0.5, 0.6) is 5.75 Å². The molecule has 158 valence electrons. The number of unbranched alkanes of at least 4 members (excludes halogenated alkanes) is 1. The van der Waals surface area contributed by atoms with Crippen molar-refractivity contribution in [3.8, 4) is 5.75 Å². The van der Waals surface area contributed by atoms with E-state index in [2.05, 4.69) is 19.2 Å². The number of aryl methyl sites for hydroxylation is 2. The van der Waals surface area contributed by atoms with Crippen LogP contribution in [0.25, 0.3) is 11.4 Å². The largest absolute Gasteiger partial charge is 0.497 e. The maximum absolute atomic E-state index is 11.6. The number of hydrogen-bond donors (Lipinski definition) is 2. The average molecular weight is 407 g/mol. The molecular weight excluding hydrogens is 376 g/mol. The van der Waals surface area contributed by atoms with Gasteiger partial charge in [0.1, 0.15) is 5.75 Å². The van der Waals surface area contributed by atoms with Gasteiger partial charge in [-0.25, -0.2) is 4.79 Å². The molecule has 0 radical (unpaired) electrons. The monoisotopic (exact) mass is 406 g/mol. The van der Waals surface area contributed by atoms with Gasteiger partial charge in [0.15, 0.2) is 0 Å². The van der Waals surface area contributed by atoms with Gasteiger partial charge in [-0.3, -0.25) is 4.99 Å². The first kappa shape index (κ1) is 21.6. The van der Waals surface area contributed by atoms with Gasteiger partial charge >= 0.3 is 5.97 Å². The third-order valence-electron chi connectivity index (χ3n) is 5.54. The fraction of sp³-hybridized carbons (Fsp3) is 0.360. The van der Waals surface area contributed by atoms with Crippen molar-refractivity contribution < 1.29 is 14.6 Å². The molecule has 0 saturated carbocycles. The lowest BCUT2D eigenvalue weighted by molar-refractivity contribution is 0.0695. The second kappa shape index (κ2) is 9.16. The molecule has 2 aromatic rings. The molecule has 1 aliphatic heterocycles. The summed E-state index contributed by atoms with van der Waals surface area (Å²) in [7, 11) is 1.65. The minimum atomic E-state index is -0.900. The molecule has 30 heavy (non-hydrogen) atoms. The Morgan fingerprint density at radius 1 is 1.13 bits per heavy atom. The third-order valence-corrected chi connectivity index (χ3v) is 5.54. The molecule has 0 amide bonds. The lowest BCUT2D eigenvalue weighted by atomic mass is 9.94. The van der Waals surface area contributed by atoms with Gasteiger partial charge in [0.25, 0.3) is 0 Å². The van der Waals surface area contributed by atoms with E-state index in [1.807, 2.05) is 50.2 Å². The van der Waals surface area contributed by atoms with E-state index in [0.717, 1.165) is 64.4 Å². The van der Waals surface area contributed by atoms with Crippen LogP contribution < -0.4 is 10.1 Å². The molecule has 2 aromatic carbocycles. The number of benzene rings is 2. The standard InChI is InChI=1S/C25H30N2O3/c1-6-7-8-21-17(4)26-23(18-9-11-20(30-5)12-10-18)24(27-21)19-13-15(2)22(25(28)29)16(3)14-19/h9-14,17,26H,6-8H2,1-5H3,(H,28,29). The smallest absolute Gasteiger partial charge is 0.336 e. The Labute approximate surface area is 178 Å². The van der Waals surface area contributed by atoms with Crippen molar-refractivity contribution in [3.63, 3.8) is 0 Å². The van der Waals surface area contributed by atoms with Gasteiger partial charge in [-0.15, -0.1) is 0 Å². The molecule has 1 atom stereocenters. The fourth-order valence-corrected chi connectivity index (χ4v) is 3.92. The number of aromatic carboxylic acids is 1. The zero-order valence-electron chi connectivity index (χ0n) is 18.4. The predicted octanol–water partition coefficient (Wildman–Crippen LogP) is 5.46. The Bertz CT molecular complexity index is 981. The first-order valence-corrected chi connectivity index (χ1v) is 10.4. The van der Waals surface area contributed by atoms with Crippen LogP contribution in [-0.2, 0) is 0 Å². The first-order valence-electron chi connectivity index (χ1n) is 10.4. The van der Waals surface area contributed by atoms with Gasteiger partial charge in [-0.1, -0.05) is 13.3 Å². The van der Waals surface area contributed by atoms with Crippen LogP contribution in [0.1, 0.15) is 65.7 Å². The minimum Gasteiger partial charge on any atom is -0.497 e. The van der Waals surface area contributed by atoms with Crippen LogP contribution in [0.3, 0.4) is 0 Å². The summed E-state index contributed by atoms with van der Waals surface area (Å²) in [5, 5.41) is 13.2. The average Bonchev–Trinajstić information content (AvgIpc) is 2.72. The van der Waals surface area contributed by atoms with E-state index in [0.29, 0.717) is 5.56 Å². The van der Waals surface area contributed by atoms with Gasteiger partial charge < -0.3 is 15.2 Å². The van der Waals surface area contributed by atoms with E-state index in [9.17, 15) is 9.90 Å². The first-order chi connectivity index (χ1) is 14.3. The normalized spacial score (nSPS) is 16.2.